The zero-order valence-electron chi connectivity index (χ0n) is 12.1. The summed E-state index contributed by atoms with van der Waals surface area (Å²) in [6.07, 6.45) is 8.95. The minimum Gasteiger partial charge on any atom is -0.397 e. The first-order valence-electron chi connectivity index (χ1n) is 7.29. The fourth-order valence-electron chi connectivity index (χ4n) is 2.51. The lowest BCUT2D eigenvalue weighted by Gasteiger charge is -2.07. The predicted molar refractivity (Wildman–Crippen MR) is 86.0 cm³/mol. The van der Waals surface area contributed by atoms with Crippen LogP contribution in [-0.4, -0.2) is 21.9 Å². The number of Topliss-reactive ketones (excluding diaryl/α,β-unsaturated/α-hetero) is 1. The van der Waals surface area contributed by atoms with Crippen molar-refractivity contribution in [1.29, 1.82) is 0 Å². The molecular weight excluding hydrogens is 284 g/mol. The molecule has 3 rings (SSSR count). The van der Waals surface area contributed by atoms with Gasteiger partial charge in [0.1, 0.15) is 0 Å². The predicted octanol–water partition coefficient (Wildman–Crippen LogP) is 3.11. The summed E-state index contributed by atoms with van der Waals surface area (Å²) in [5, 5.41) is 4.55. The maximum Gasteiger partial charge on any atom is 0.171 e. The van der Waals surface area contributed by atoms with Gasteiger partial charge in [-0.05, 0) is 25.2 Å². The summed E-state index contributed by atoms with van der Waals surface area (Å²) in [7, 11) is 0. The Bertz CT molecular complexity index is 628. The van der Waals surface area contributed by atoms with Crippen LogP contribution in [0.25, 0.3) is 0 Å². The first-order valence-corrected chi connectivity index (χ1v) is 8.11. The molecule has 0 spiro atoms. The summed E-state index contributed by atoms with van der Waals surface area (Å²) in [5.74, 6) is 0.608. The van der Waals surface area contributed by atoms with Crippen LogP contribution in [0.2, 0.25) is 0 Å². The number of rotatable bonds is 7. The number of thiophene rings is 1. The van der Waals surface area contributed by atoms with E-state index in [1.54, 1.807) is 13.1 Å². The van der Waals surface area contributed by atoms with Gasteiger partial charge in [-0.15, -0.1) is 11.3 Å². The number of aromatic nitrogens is 2. The average Bonchev–Trinajstić information content (AvgIpc) is 3.03. The van der Waals surface area contributed by atoms with Gasteiger partial charge in [0.25, 0.3) is 0 Å². The summed E-state index contributed by atoms with van der Waals surface area (Å²) >= 11 is 1.51. The standard InChI is InChI=1S/C15H20N4OS/c1-10(20)14-13(16)12(11-3-4-11)15(21-14)18-5-2-7-19-8-6-17-9-19/h6,8-9,11,18H,2-5,7,16H2,1H3. The number of ketones is 1. The lowest BCUT2D eigenvalue weighted by molar-refractivity contribution is 0.102. The average molecular weight is 304 g/mol. The number of anilines is 2. The molecule has 6 heteroatoms. The molecule has 0 aliphatic heterocycles. The third-order valence-electron chi connectivity index (χ3n) is 3.73. The summed E-state index contributed by atoms with van der Waals surface area (Å²) < 4.78 is 2.06. The van der Waals surface area contributed by atoms with E-state index in [0.29, 0.717) is 16.5 Å². The van der Waals surface area contributed by atoms with Gasteiger partial charge in [-0.25, -0.2) is 4.98 Å². The highest BCUT2D eigenvalue weighted by Gasteiger charge is 2.32. The van der Waals surface area contributed by atoms with Crippen LogP contribution < -0.4 is 11.1 Å². The van der Waals surface area contributed by atoms with E-state index in [2.05, 4.69) is 14.9 Å². The summed E-state index contributed by atoms with van der Waals surface area (Å²) in [5.41, 5.74) is 8.04. The Morgan fingerprint density at radius 1 is 1.57 bits per heavy atom. The van der Waals surface area contributed by atoms with Gasteiger partial charge >= 0.3 is 0 Å². The van der Waals surface area contributed by atoms with Gasteiger partial charge in [0.05, 0.1) is 21.9 Å². The SMILES string of the molecule is CC(=O)c1sc(NCCCn2ccnc2)c(C2CC2)c1N. The molecule has 2 aromatic heterocycles. The Labute approximate surface area is 128 Å². The number of carbonyl (C=O) groups excluding carboxylic acids is 1. The number of nitrogen functional groups attached to an aromatic ring is 1. The highest BCUT2D eigenvalue weighted by molar-refractivity contribution is 7.18. The summed E-state index contributed by atoms with van der Waals surface area (Å²) in [6.45, 7) is 3.39. The first kappa shape index (κ1) is 14.1. The van der Waals surface area contributed by atoms with Crippen LogP contribution in [0.4, 0.5) is 10.7 Å². The van der Waals surface area contributed by atoms with Gasteiger partial charge in [-0.1, -0.05) is 0 Å². The molecular formula is C15H20N4OS. The third-order valence-corrected chi connectivity index (χ3v) is 5.01. The lowest BCUT2D eigenvalue weighted by atomic mass is 10.1. The number of imidazole rings is 1. The van der Waals surface area contributed by atoms with Crippen LogP contribution in [0.3, 0.4) is 0 Å². The molecule has 5 nitrogen and oxygen atoms in total. The van der Waals surface area contributed by atoms with Crippen LogP contribution in [0.5, 0.6) is 0 Å². The van der Waals surface area contributed by atoms with Crippen LogP contribution in [0, 0.1) is 0 Å². The monoisotopic (exact) mass is 304 g/mol. The lowest BCUT2D eigenvalue weighted by Crippen LogP contribution is -2.06. The molecule has 0 unspecified atom stereocenters. The van der Waals surface area contributed by atoms with Gasteiger partial charge in [-0.3, -0.25) is 4.79 Å². The highest BCUT2D eigenvalue weighted by Crippen LogP contribution is 2.50. The smallest absolute Gasteiger partial charge is 0.171 e. The highest BCUT2D eigenvalue weighted by atomic mass is 32.1. The van der Waals surface area contributed by atoms with E-state index in [9.17, 15) is 4.79 Å². The van der Waals surface area contributed by atoms with Crippen LogP contribution in [0.15, 0.2) is 18.7 Å². The molecule has 2 heterocycles. The van der Waals surface area contributed by atoms with Crippen LogP contribution in [-0.2, 0) is 6.54 Å². The Morgan fingerprint density at radius 2 is 2.38 bits per heavy atom. The molecule has 1 saturated carbocycles. The number of nitrogens with one attached hydrogen (secondary N) is 1. The first-order chi connectivity index (χ1) is 10.2. The zero-order chi connectivity index (χ0) is 14.8. The van der Waals surface area contributed by atoms with Gasteiger partial charge in [0.15, 0.2) is 5.78 Å². The normalized spacial score (nSPS) is 14.3. The molecule has 21 heavy (non-hydrogen) atoms. The van der Waals surface area contributed by atoms with E-state index < -0.39 is 0 Å². The van der Waals surface area contributed by atoms with E-state index in [0.717, 1.165) is 24.5 Å². The third kappa shape index (κ3) is 3.10. The van der Waals surface area contributed by atoms with Crippen molar-refractivity contribution in [3.63, 3.8) is 0 Å². The van der Waals surface area contributed by atoms with Gasteiger partial charge in [0.2, 0.25) is 0 Å². The maximum absolute atomic E-state index is 11.7. The second-order valence-corrected chi connectivity index (χ2v) is 6.52. The number of nitrogens with two attached hydrogens (primary N) is 1. The minimum absolute atomic E-state index is 0.0610. The minimum atomic E-state index is 0.0610. The molecule has 0 atom stereocenters. The van der Waals surface area contributed by atoms with Crippen molar-refractivity contribution in [3.05, 3.63) is 29.2 Å². The fraction of sp³-hybridized carbons (Fsp3) is 0.467. The van der Waals surface area contributed by atoms with Crippen molar-refractivity contribution in [1.82, 2.24) is 9.55 Å². The molecule has 112 valence electrons. The quantitative estimate of drug-likeness (QED) is 0.609. The fourth-order valence-corrected chi connectivity index (χ4v) is 3.64. The molecule has 1 aliphatic rings. The van der Waals surface area contributed by atoms with Crippen LogP contribution in [0.1, 0.15) is 47.3 Å². The number of carbonyl (C=O) groups is 1. The maximum atomic E-state index is 11.7. The summed E-state index contributed by atoms with van der Waals surface area (Å²) in [4.78, 5) is 16.4. The van der Waals surface area contributed by atoms with E-state index >= 15 is 0 Å². The number of hydrogen-bond acceptors (Lipinski definition) is 5. The Kier molecular flexibility index (Phi) is 3.96. The largest absolute Gasteiger partial charge is 0.397 e. The molecule has 0 amide bonds. The van der Waals surface area contributed by atoms with E-state index in [1.165, 1.54) is 29.7 Å². The van der Waals surface area contributed by atoms with Gasteiger partial charge in [0, 0.05) is 38.0 Å². The van der Waals surface area contributed by atoms with Gasteiger partial charge in [-0.2, -0.15) is 0 Å². The molecule has 1 aliphatic carbocycles. The van der Waals surface area contributed by atoms with Crippen molar-refractivity contribution < 1.29 is 4.79 Å². The molecule has 0 radical (unpaired) electrons. The van der Waals surface area contributed by atoms with E-state index in [-0.39, 0.29) is 5.78 Å². The van der Waals surface area contributed by atoms with Gasteiger partial charge < -0.3 is 15.6 Å². The number of hydrogen-bond donors (Lipinski definition) is 2. The second-order valence-electron chi connectivity index (χ2n) is 5.50. The summed E-state index contributed by atoms with van der Waals surface area (Å²) in [6, 6.07) is 0. The molecule has 0 saturated heterocycles. The molecule has 2 aromatic rings. The second kappa shape index (κ2) is 5.89. The van der Waals surface area contributed by atoms with Crippen molar-refractivity contribution in [3.8, 4) is 0 Å². The number of nitrogens with zero attached hydrogens (tertiary/aromatic N) is 2. The Morgan fingerprint density at radius 3 is 3.00 bits per heavy atom. The molecule has 0 bridgehead atoms. The van der Waals surface area contributed by atoms with Crippen LogP contribution >= 0.6 is 11.3 Å². The Hall–Kier alpha value is -1.82. The molecule has 1 fully saturated rings. The molecule has 0 aromatic carbocycles. The number of aryl methyl sites for hydroxylation is 1. The van der Waals surface area contributed by atoms with Crippen molar-refractivity contribution in [2.75, 3.05) is 17.6 Å². The van der Waals surface area contributed by atoms with E-state index in [1.807, 2.05) is 12.5 Å². The van der Waals surface area contributed by atoms with Crippen molar-refractivity contribution >= 4 is 27.8 Å². The Balaban J connectivity index is 1.64. The molecule has 3 N–H and O–H groups in total. The topological polar surface area (TPSA) is 72.9 Å². The van der Waals surface area contributed by atoms with E-state index in [4.69, 9.17) is 5.73 Å². The zero-order valence-corrected chi connectivity index (χ0v) is 12.9. The van der Waals surface area contributed by atoms with Crippen molar-refractivity contribution in [2.45, 2.75) is 38.6 Å². The van der Waals surface area contributed by atoms with Crippen molar-refractivity contribution in [2.24, 2.45) is 0 Å².